The molecule has 2 saturated carbocycles. The zero-order chi connectivity index (χ0) is 8.39. The Morgan fingerprint density at radius 3 is 1.75 bits per heavy atom. The molecule has 12 heavy (non-hydrogen) atoms. The number of nitrogens with zero attached hydrogens (tertiary/aromatic N) is 2. The fraction of sp³-hybridized carbons (Fsp3) is 0.667. The molecule has 2 amide bonds. The lowest BCUT2D eigenvalue weighted by molar-refractivity contribution is 0.257. The van der Waals surface area contributed by atoms with Gasteiger partial charge in [0.25, 0.3) is 0 Å². The number of carbonyl (C=O) groups excluding carboxylic acids is 1. The Kier molecular flexibility index (Phi) is 2.02. The molecule has 0 aliphatic heterocycles. The second kappa shape index (κ2) is 3.17. The first-order valence-corrected chi connectivity index (χ1v) is 4.47. The lowest BCUT2D eigenvalue weighted by Crippen LogP contribution is -1.88. The van der Waals surface area contributed by atoms with Crippen molar-refractivity contribution in [3.63, 3.8) is 0 Å². The van der Waals surface area contributed by atoms with Crippen LogP contribution in [0.1, 0.15) is 25.7 Å². The molecule has 2 rings (SSSR count). The number of rotatable bonds is 2. The molecule has 2 aliphatic carbocycles. The highest BCUT2D eigenvalue weighted by Gasteiger charge is 2.20. The SMILES string of the molecule is O=C(N=CC1CC1)N=CC1CC1. The van der Waals surface area contributed by atoms with Crippen molar-refractivity contribution >= 4 is 18.5 Å². The third-order valence-electron chi connectivity index (χ3n) is 2.04. The van der Waals surface area contributed by atoms with Gasteiger partial charge in [-0.2, -0.15) is 0 Å². The number of amides is 2. The van der Waals surface area contributed by atoms with E-state index in [0.29, 0.717) is 11.8 Å². The third-order valence-corrected chi connectivity index (χ3v) is 2.04. The van der Waals surface area contributed by atoms with Gasteiger partial charge in [0.05, 0.1) is 0 Å². The Morgan fingerprint density at radius 1 is 1.00 bits per heavy atom. The largest absolute Gasteiger partial charge is 0.366 e. The van der Waals surface area contributed by atoms with Crippen molar-refractivity contribution < 1.29 is 4.79 Å². The quantitative estimate of drug-likeness (QED) is 0.576. The standard InChI is InChI=1S/C9H12N2O/c12-9(10-5-7-1-2-7)11-6-8-3-4-8/h5-8H,1-4H2. The minimum atomic E-state index is -0.339. The van der Waals surface area contributed by atoms with Gasteiger partial charge in [-0.3, -0.25) is 0 Å². The maximum atomic E-state index is 10.9. The van der Waals surface area contributed by atoms with E-state index in [1.165, 1.54) is 25.7 Å². The molecular formula is C9H12N2O. The van der Waals surface area contributed by atoms with Crippen LogP contribution in [0.15, 0.2) is 9.98 Å². The van der Waals surface area contributed by atoms with Gasteiger partial charge < -0.3 is 0 Å². The fourth-order valence-corrected chi connectivity index (χ4v) is 0.862. The van der Waals surface area contributed by atoms with E-state index in [2.05, 4.69) is 9.98 Å². The van der Waals surface area contributed by atoms with Crippen molar-refractivity contribution in [1.82, 2.24) is 0 Å². The van der Waals surface area contributed by atoms with Crippen LogP contribution in [0.25, 0.3) is 0 Å². The molecule has 0 aromatic heterocycles. The second-order valence-corrected chi connectivity index (χ2v) is 3.51. The lowest BCUT2D eigenvalue weighted by atomic mass is 10.5. The van der Waals surface area contributed by atoms with Crippen molar-refractivity contribution in [2.24, 2.45) is 21.8 Å². The average molecular weight is 164 g/mol. The summed E-state index contributed by atoms with van der Waals surface area (Å²) < 4.78 is 0. The van der Waals surface area contributed by atoms with Crippen molar-refractivity contribution in [2.45, 2.75) is 25.7 Å². The maximum Gasteiger partial charge on any atom is 0.366 e. The predicted molar refractivity (Wildman–Crippen MR) is 47.8 cm³/mol. The zero-order valence-electron chi connectivity index (χ0n) is 6.94. The molecule has 0 saturated heterocycles. The summed E-state index contributed by atoms with van der Waals surface area (Å²) in [5.74, 6) is 1.12. The van der Waals surface area contributed by atoms with E-state index in [-0.39, 0.29) is 6.03 Å². The van der Waals surface area contributed by atoms with Crippen LogP contribution < -0.4 is 0 Å². The number of urea groups is 1. The van der Waals surface area contributed by atoms with E-state index < -0.39 is 0 Å². The van der Waals surface area contributed by atoms with Gasteiger partial charge in [0.15, 0.2) is 0 Å². The molecule has 0 atom stereocenters. The van der Waals surface area contributed by atoms with Crippen LogP contribution >= 0.6 is 0 Å². The van der Waals surface area contributed by atoms with Crippen LogP contribution in [0.4, 0.5) is 4.79 Å². The second-order valence-electron chi connectivity index (χ2n) is 3.51. The van der Waals surface area contributed by atoms with Crippen LogP contribution in [0, 0.1) is 11.8 Å². The molecular weight excluding hydrogens is 152 g/mol. The van der Waals surface area contributed by atoms with Gasteiger partial charge in [-0.1, -0.05) is 0 Å². The summed E-state index contributed by atoms with van der Waals surface area (Å²) in [6.07, 6.45) is 8.19. The summed E-state index contributed by atoms with van der Waals surface area (Å²) in [4.78, 5) is 18.4. The van der Waals surface area contributed by atoms with E-state index in [9.17, 15) is 4.79 Å². The monoisotopic (exact) mass is 164 g/mol. The molecule has 0 spiro atoms. The number of hydrogen-bond acceptors (Lipinski definition) is 1. The summed E-state index contributed by atoms with van der Waals surface area (Å²) in [7, 11) is 0. The molecule has 0 unspecified atom stereocenters. The van der Waals surface area contributed by atoms with Crippen molar-refractivity contribution in [2.75, 3.05) is 0 Å². The molecule has 0 aromatic carbocycles. The first-order valence-electron chi connectivity index (χ1n) is 4.47. The highest BCUT2D eigenvalue weighted by atomic mass is 16.2. The summed E-state index contributed by atoms with van der Waals surface area (Å²) in [5, 5.41) is 0. The van der Waals surface area contributed by atoms with Gasteiger partial charge in [0.2, 0.25) is 0 Å². The van der Waals surface area contributed by atoms with Crippen LogP contribution in [0.5, 0.6) is 0 Å². The number of hydrogen-bond donors (Lipinski definition) is 0. The molecule has 0 radical (unpaired) electrons. The molecule has 2 aliphatic rings. The first kappa shape index (κ1) is 7.65. The molecule has 2 fully saturated rings. The average Bonchev–Trinajstić information content (AvgIpc) is 2.89. The molecule has 0 aromatic rings. The molecule has 0 N–H and O–H groups in total. The summed E-state index contributed by atoms with van der Waals surface area (Å²) in [6.45, 7) is 0. The topological polar surface area (TPSA) is 41.8 Å². The third kappa shape index (κ3) is 2.57. The Morgan fingerprint density at radius 2 is 1.42 bits per heavy atom. The van der Waals surface area contributed by atoms with E-state index in [4.69, 9.17) is 0 Å². The van der Waals surface area contributed by atoms with Crippen LogP contribution in [0.2, 0.25) is 0 Å². The lowest BCUT2D eigenvalue weighted by Gasteiger charge is -1.82. The summed E-state index contributed by atoms with van der Waals surface area (Å²) in [6, 6.07) is -0.339. The Hall–Kier alpha value is -0.990. The molecule has 64 valence electrons. The number of aliphatic imine (C=N–C) groups is 2. The van der Waals surface area contributed by atoms with Crippen molar-refractivity contribution in [3.05, 3.63) is 0 Å². The zero-order valence-corrected chi connectivity index (χ0v) is 6.94. The van der Waals surface area contributed by atoms with Crippen molar-refractivity contribution in [1.29, 1.82) is 0 Å². The van der Waals surface area contributed by atoms with E-state index in [1.54, 1.807) is 12.4 Å². The van der Waals surface area contributed by atoms with Gasteiger partial charge >= 0.3 is 6.03 Å². The summed E-state index contributed by atoms with van der Waals surface area (Å²) in [5.41, 5.74) is 0. The molecule has 3 nitrogen and oxygen atoms in total. The van der Waals surface area contributed by atoms with Gasteiger partial charge in [0.1, 0.15) is 0 Å². The van der Waals surface area contributed by atoms with Gasteiger partial charge in [0, 0.05) is 12.4 Å². The Labute approximate surface area is 71.6 Å². The molecule has 0 bridgehead atoms. The Bertz CT molecular complexity index is 213. The highest BCUT2D eigenvalue weighted by Crippen LogP contribution is 2.27. The predicted octanol–water partition coefficient (Wildman–Crippen LogP) is 2.07. The first-order chi connectivity index (χ1) is 5.84. The minimum Gasteiger partial charge on any atom is -0.244 e. The fourth-order valence-electron chi connectivity index (χ4n) is 0.862. The minimum absolute atomic E-state index is 0.339. The molecule has 0 heterocycles. The number of carbonyl (C=O) groups is 1. The maximum absolute atomic E-state index is 10.9. The van der Waals surface area contributed by atoms with Gasteiger partial charge in [-0.05, 0) is 37.5 Å². The van der Waals surface area contributed by atoms with Crippen LogP contribution in [-0.2, 0) is 0 Å². The van der Waals surface area contributed by atoms with Gasteiger partial charge in [-0.25, -0.2) is 14.8 Å². The Balaban J connectivity index is 1.74. The molecule has 3 heteroatoms. The van der Waals surface area contributed by atoms with Crippen LogP contribution in [0.3, 0.4) is 0 Å². The van der Waals surface area contributed by atoms with Gasteiger partial charge in [-0.15, -0.1) is 0 Å². The van der Waals surface area contributed by atoms with Crippen LogP contribution in [-0.4, -0.2) is 18.5 Å². The van der Waals surface area contributed by atoms with E-state index in [1.807, 2.05) is 0 Å². The van der Waals surface area contributed by atoms with Crippen molar-refractivity contribution in [3.8, 4) is 0 Å². The summed E-state index contributed by atoms with van der Waals surface area (Å²) >= 11 is 0. The van der Waals surface area contributed by atoms with E-state index >= 15 is 0 Å². The normalized spacial score (nSPS) is 24.0. The highest BCUT2D eigenvalue weighted by molar-refractivity contribution is 5.90. The van der Waals surface area contributed by atoms with E-state index in [0.717, 1.165) is 0 Å². The smallest absolute Gasteiger partial charge is 0.244 e.